The van der Waals surface area contributed by atoms with E-state index in [1.165, 1.54) is 0 Å². The number of nitrogens with zero attached hydrogens (tertiary/aromatic N) is 1. The first-order valence-electron chi connectivity index (χ1n) is 7.06. The molecule has 0 saturated carbocycles. The number of rotatable bonds is 4. The van der Waals surface area contributed by atoms with Gasteiger partial charge in [-0.1, -0.05) is 18.2 Å². The summed E-state index contributed by atoms with van der Waals surface area (Å²) in [7, 11) is 1.62. The Morgan fingerprint density at radius 2 is 2.09 bits per heavy atom. The SMILES string of the molecule is COc1ccccc1C(C)NC(=O)c1ccc2nc[nH]c2c1. The monoisotopic (exact) mass is 295 g/mol. The molecular weight excluding hydrogens is 278 g/mol. The van der Waals surface area contributed by atoms with Crippen LogP contribution in [0.4, 0.5) is 0 Å². The lowest BCUT2D eigenvalue weighted by Gasteiger charge is -2.17. The molecule has 0 aliphatic rings. The van der Waals surface area contributed by atoms with Gasteiger partial charge in [-0.3, -0.25) is 4.79 Å². The largest absolute Gasteiger partial charge is 0.496 e. The fourth-order valence-corrected chi connectivity index (χ4v) is 2.46. The highest BCUT2D eigenvalue weighted by atomic mass is 16.5. The maximum Gasteiger partial charge on any atom is 0.251 e. The Bertz CT molecular complexity index is 810. The van der Waals surface area contributed by atoms with E-state index >= 15 is 0 Å². The van der Waals surface area contributed by atoms with Gasteiger partial charge in [-0.15, -0.1) is 0 Å². The van der Waals surface area contributed by atoms with Crippen molar-refractivity contribution >= 4 is 16.9 Å². The Balaban J connectivity index is 1.80. The van der Waals surface area contributed by atoms with Gasteiger partial charge in [0.25, 0.3) is 5.91 Å². The average molecular weight is 295 g/mol. The molecule has 1 heterocycles. The van der Waals surface area contributed by atoms with Crippen LogP contribution in [-0.4, -0.2) is 23.0 Å². The molecule has 2 N–H and O–H groups in total. The van der Waals surface area contributed by atoms with E-state index in [9.17, 15) is 4.79 Å². The highest BCUT2D eigenvalue weighted by Crippen LogP contribution is 2.24. The highest BCUT2D eigenvalue weighted by molar-refractivity contribution is 5.97. The number of para-hydroxylation sites is 1. The molecule has 1 atom stereocenters. The highest BCUT2D eigenvalue weighted by Gasteiger charge is 2.15. The average Bonchev–Trinajstić information content (AvgIpc) is 3.02. The van der Waals surface area contributed by atoms with E-state index < -0.39 is 0 Å². The van der Waals surface area contributed by atoms with Crippen molar-refractivity contribution in [2.75, 3.05) is 7.11 Å². The number of hydrogen-bond acceptors (Lipinski definition) is 3. The predicted octanol–water partition coefficient (Wildman–Crippen LogP) is 3.06. The molecule has 0 radical (unpaired) electrons. The number of carbonyl (C=O) groups is 1. The first kappa shape index (κ1) is 14.1. The number of aromatic amines is 1. The summed E-state index contributed by atoms with van der Waals surface area (Å²) < 4.78 is 5.34. The molecule has 5 heteroatoms. The number of benzene rings is 2. The van der Waals surface area contributed by atoms with Gasteiger partial charge >= 0.3 is 0 Å². The molecule has 3 aromatic rings. The zero-order valence-corrected chi connectivity index (χ0v) is 12.5. The second-order valence-corrected chi connectivity index (χ2v) is 5.07. The maximum absolute atomic E-state index is 12.4. The number of H-pyrrole nitrogens is 1. The molecule has 0 saturated heterocycles. The quantitative estimate of drug-likeness (QED) is 0.777. The van der Waals surface area contributed by atoms with E-state index in [0.29, 0.717) is 5.56 Å². The van der Waals surface area contributed by atoms with Crippen LogP contribution in [0.3, 0.4) is 0 Å². The van der Waals surface area contributed by atoms with E-state index in [-0.39, 0.29) is 11.9 Å². The number of ether oxygens (including phenoxy) is 1. The Kier molecular flexibility index (Phi) is 3.78. The Hall–Kier alpha value is -2.82. The molecule has 1 amide bonds. The lowest BCUT2D eigenvalue weighted by Crippen LogP contribution is -2.26. The molecule has 2 aromatic carbocycles. The van der Waals surface area contributed by atoms with Gasteiger partial charge in [-0.05, 0) is 31.2 Å². The van der Waals surface area contributed by atoms with Crippen molar-refractivity contribution in [2.24, 2.45) is 0 Å². The second-order valence-electron chi connectivity index (χ2n) is 5.07. The summed E-state index contributed by atoms with van der Waals surface area (Å²) in [6.45, 7) is 1.94. The molecule has 0 fully saturated rings. The van der Waals surface area contributed by atoms with Crippen LogP contribution >= 0.6 is 0 Å². The number of amides is 1. The van der Waals surface area contributed by atoms with E-state index in [2.05, 4.69) is 15.3 Å². The van der Waals surface area contributed by atoms with E-state index in [0.717, 1.165) is 22.3 Å². The summed E-state index contributed by atoms with van der Waals surface area (Å²) >= 11 is 0. The molecular formula is C17H17N3O2. The number of hydrogen-bond donors (Lipinski definition) is 2. The molecule has 112 valence electrons. The molecule has 0 bridgehead atoms. The van der Waals surface area contributed by atoms with Crippen LogP contribution in [0.1, 0.15) is 28.9 Å². The minimum atomic E-state index is -0.152. The molecule has 1 unspecified atom stereocenters. The van der Waals surface area contributed by atoms with Crippen molar-refractivity contribution in [2.45, 2.75) is 13.0 Å². The lowest BCUT2D eigenvalue weighted by atomic mass is 10.1. The topological polar surface area (TPSA) is 67.0 Å². The van der Waals surface area contributed by atoms with Crippen molar-refractivity contribution in [3.63, 3.8) is 0 Å². The lowest BCUT2D eigenvalue weighted by molar-refractivity contribution is 0.0939. The summed E-state index contributed by atoms with van der Waals surface area (Å²) in [6.07, 6.45) is 1.61. The Morgan fingerprint density at radius 1 is 1.27 bits per heavy atom. The Morgan fingerprint density at radius 3 is 2.91 bits per heavy atom. The number of carbonyl (C=O) groups excluding carboxylic acids is 1. The number of methoxy groups -OCH3 is 1. The molecule has 0 aliphatic carbocycles. The van der Waals surface area contributed by atoms with Gasteiger partial charge in [0.15, 0.2) is 0 Å². The summed E-state index contributed by atoms with van der Waals surface area (Å²) in [6, 6.07) is 12.9. The maximum atomic E-state index is 12.4. The van der Waals surface area contributed by atoms with E-state index in [4.69, 9.17) is 4.74 Å². The zero-order chi connectivity index (χ0) is 15.5. The van der Waals surface area contributed by atoms with Crippen LogP contribution in [0, 0.1) is 0 Å². The first-order chi connectivity index (χ1) is 10.7. The summed E-state index contributed by atoms with van der Waals surface area (Å²) in [5.41, 5.74) is 3.23. The number of aromatic nitrogens is 2. The van der Waals surface area contributed by atoms with Gasteiger partial charge in [0, 0.05) is 11.1 Å². The fraction of sp³-hybridized carbons (Fsp3) is 0.176. The van der Waals surface area contributed by atoms with Crippen molar-refractivity contribution in [3.8, 4) is 5.75 Å². The van der Waals surface area contributed by atoms with Crippen molar-refractivity contribution in [3.05, 3.63) is 59.9 Å². The van der Waals surface area contributed by atoms with Gasteiger partial charge in [0.2, 0.25) is 0 Å². The van der Waals surface area contributed by atoms with Crippen molar-refractivity contribution in [1.82, 2.24) is 15.3 Å². The number of nitrogens with one attached hydrogen (secondary N) is 2. The van der Waals surface area contributed by atoms with Gasteiger partial charge in [0.05, 0.1) is 30.5 Å². The fourth-order valence-electron chi connectivity index (χ4n) is 2.46. The molecule has 0 aliphatic heterocycles. The smallest absolute Gasteiger partial charge is 0.251 e. The van der Waals surface area contributed by atoms with Crippen LogP contribution in [0.15, 0.2) is 48.8 Å². The first-order valence-corrected chi connectivity index (χ1v) is 7.06. The predicted molar refractivity (Wildman–Crippen MR) is 85.0 cm³/mol. The third-order valence-corrected chi connectivity index (χ3v) is 3.64. The summed E-state index contributed by atoms with van der Waals surface area (Å²) in [4.78, 5) is 19.6. The molecule has 5 nitrogen and oxygen atoms in total. The third-order valence-electron chi connectivity index (χ3n) is 3.64. The van der Waals surface area contributed by atoms with Gasteiger partial charge in [-0.2, -0.15) is 0 Å². The van der Waals surface area contributed by atoms with Crippen molar-refractivity contribution in [1.29, 1.82) is 0 Å². The van der Waals surface area contributed by atoms with Gasteiger partial charge < -0.3 is 15.0 Å². The normalized spacial score (nSPS) is 12.1. The molecule has 22 heavy (non-hydrogen) atoms. The molecule has 3 rings (SSSR count). The minimum Gasteiger partial charge on any atom is -0.496 e. The van der Waals surface area contributed by atoms with Crippen LogP contribution in [-0.2, 0) is 0 Å². The van der Waals surface area contributed by atoms with Crippen LogP contribution in [0.25, 0.3) is 11.0 Å². The zero-order valence-electron chi connectivity index (χ0n) is 12.5. The van der Waals surface area contributed by atoms with Gasteiger partial charge in [0.1, 0.15) is 5.75 Å². The van der Waals surface area contributed by atoms with Gasteiger partial charge in [-0.25, -0.2) is 4.98 Å². The van der Waals surface area contributed by atoms with E-state index in [1.807, 2.05) is 37.3 Å². The number of imidazole rings is 1. The second kappa shape index (κ2) is 5.89. The molecule has 0 spiro atoms. The minimum absolute atomic E-state index is 0.130. The van der Waals surface area contributed by atoms with Crippen LogP contribution < -0.4 is 10.1 Å². The number of fused-ring (bicyclic) bond motifs is 1. The van der Waals surface area contributed by atoms with E-state index in [1.54, 1.807) is 25.6 Å². The standard InChI is InChI=1S/C17H17N3O2/c1-11(13-5-3-4-6-16(13)22-2)20-17(21)12-7-8-14-15(9-12)19-10-18-14/h3-11H,1-2H3,(H,18,19)(H,20,21). The summed E-state index contributed by atoms with van der Waals surface area (Å²) in [5, 5.41) is 2.99. The Labute approximate surface area is 128 Å². The van der Waals surface area contributed by atoms with Crippen LogP contribution in [0.5, 0.6) is 5.75 Å². The molecule has 1 aromatic heterocycles. The third kappa shape index (κ3) is 2.65. The van der Waals surface area contributed by atoms with Crippen molar-refractivity contribution < 1.29 is 9.53 Å². The van der Waals surface area contributed by atoms with Crippen LogP contribution in [0.2, 0.25) is 0 Å². The summed E-state index contributed by atoms with van der Waals surface area (Å²) in [5.74, 6) is 0.634.